The fraction of sp³-hybridized carbons (Fsp3) is 0.389. The summed E-state index contributed by atoms with van der Waals surface area (Å²) >= 11 is 1.61. The summed E-state index contributed by atoms with van der Waals surface area (Å²) < 4.78 is 5.62. The van der Waals surface area contributed by atoms with E-state index in [9.17, 15) is 9.59 Å². The van der Waals surface area contributed by atoms with E-state index in [1.54, 1.807) is 41.5 Å². The average Bonchev–Trinajstić information content (AvgIpc) is 2.96. The second kappa shape index (κ2) is 8.59. The summed E-state index contributed by atoms with van der Waals surface area (Å²) in [6.07, 6.45) is 2.88. The lowest BCUT2D eigenvalue weighted by Gasteiger charge is -2.16. The number of thiazole rings is 1. The molecule has 2 aromatic rings. The van der Waals surface area contributed by atoms with Crippen LogP contribution in [0.25, 0.3) is 0 Å². The molecule has 0 spiro atoms. The average molecular weight is 346 g/mol. The highest BCUT2D eigenvalue weighted by molar-refractivity contribution is 7.11. The van der Waals surface area contributed by atoms with Gasteiger partial charge in [0.1, 0.15) is 5.75 Å². The van der Waals surface area contributed by atoms with E-state index in [4.69, 9.17) is 4.74 Å². The Morgan fingerprint density at radius 3 is 2.79 bits per heavy atom. The maximum atomic E-state index is 12.1. The molecular formula is C18H22N2O3S. The van der Waals surface area contributed by atoms with Gasteiger partial charge < -0.3 is 9.64 Å². The maximum absolute atomic E-state index is 12.1. The van der Waals surface area contributed by atoms with Gasteiger partial charge in [-0.15, -0.1) is 11.3 Å². The smallest absolute Gasteiger partial charge is 0.222 e. The van der Waals surface area contributed by atoms with E-state index in [1.807, 2.05) is 19.2 Å². The van der Waals surface area contributed by atoms with Crippen molar-refractivity contribution in [3.8, 4) is 5.75 Å². The van der Waals surface area contributed by atoms with Crippen LogP contribution in [0, 0.1) is 6.92 Å². The van der Waals surface area contributed by atoms with Gasteiger partial charge in [-0.25, -0.2) is 4.98 Å². The van der Waals surface area contributed by atoms with Crippen LogP contribution >= 0.6 is 11.3 Å². The monoisotopic (exact) mass is 346 g/mol. The van der Waals surface area contributed by atoms with E-state index in [0.29, 0.717) is 37.3 Å². The minimum absolute atomic E-state index is 0.00977. The number of Topliss-reactive ketones (excluding diaryl/α,β-unsaturated/α-hetero) is 1. The Labute approximate surface area is 146 Å². The SMILES string of the molecule is CC(=O)c1cccc(OCCCC(=O)N(C)Cc2cnc(C)s2)c1. The molecule has 2 rings (SSSR count). The number of amides is 1. The van der Waals surface area contributed by atoms with Crippen LogP contribution in [0.3, 0.4) is 0 Å². The lowest BCUT2D eigenvalue weighted by molar-refractivity contribution is -0.130. The topological polar surface area (TPSA) is 59.5 Å². The third kappa shape index (κ3) is 5.45. The van der Waals surface area contributed by atoms with E-state index in [-0.39, 0.29) is 11.7 Å². The van der Waals surface area contributed by atoms with Gasteiger partial charge in [-0.3, -0.25) is 9.59 Å². The fourth-order valence-electron chi connectivity index (χ4n) is 2.21. The van der Waals surface area contributed by atoms with Crippen LogP contribution in [-0.4, -0.2) is 35.2 Å². The molecule has 0 aliphatic carbocycles. The number of hydrogen-bond donors (Lipinski definition) is 0. The molecule has 0 saturated heterocycles. The number of ether oxygens (including phenoxy) is 1. The van der Waals surface area contributed by atoms with Crippen LogP contribution in [-0.2, 0) is 11.3 Å². The lowest BCUT2D eigenvalue weighted by atomic mass is 10.1. The molecule has 0 saturated carbocycles. The molecule has 0 unspecified atom stereocenters. The molecule has 1 amide bonds. The van der Waals surface area contributed by atoms with Gasteiger partial charge in [0.25, 0.3) is 0 Å². The molecule has 0 N–H and O–H groups in total. The molecule has 0 bridgehead atoms. The molecule has 128 valence electrons. The number of hydrogen-bond acceptors (Lipinski definition) is 5. The summed E-state index contributed by atoms with van der Waals surface area (Å²) in [6.45, 7) is 4.51. The van der Waals surface area contributed by atoms with E-state index in [1.165, 1.54) is 6.92 Å². The second-order valence-electron chi connectivity index (χ2n) is 5.63. The number of carbonyl (C=O) groups is 2. The molecule has 5 nitrogen and oxygen atoms in total. The molecular weight excluding hydrogens is 324 g/mol. The summed E-state index contributed by atoms with van der Waals surface area (Å²) in [6, 6.07) is 7.09. The van der Waals surface area contributed by atoms with Gasteiger partial charge in [0, 0.05) is 30.1 Å². The minimum Gasteiger partial charge on any atom is -0.494 e. The Morgan fingerprint density at radius 2 is 2.12 bits per heavy atom. The zero-order valence-electron chi connectivity index (χ0n) is 14.2. The molecule has 0 radical (unpaired) electrons. The number of rotatable bonds is 8. The van der Waals surface area contributed by atoms with Crippen molar-refractivity contribution in [2.75, 3.05) is 13.7 Å². The Kier molecular flexibility index (Phi) is 6.49. The van der Waals surface area contributed by atoms with E-state index >= 15 is 0 Å². The predicted octanol–water partition coefficient (Wildman–Crippen LogP) is 3.47. The minimum atomic E-state index is 0.00977. The van der Waals surface area contributed by atoms with Crippen molar-refractivity contribution < 1.29 is 14.3 Å². The molecule has 0 atom stereocenters. The summed E-state index contributed by atoms with van der Waals surface area (Å²) in [5.41, 5.74) is 0.628. The molecule has 0 fully saturated rings. The summed E-state index contributed by atoms with van der Waals surface area (Å²) in [5, 5.41) is 1.01. The fourth-order valence-corrected chi connectivity index (χ4v) is 3.06. The third-order valence-corrected chi connectivity index (χ3v) is 4.43. The van der Waals surface area contributed by atoms with Crippen molar-refractivity contribution in [1.29, 1.82) is 0 Å². The second-order valence-corrected chi connectivity index (χ2v) is 6.95. The number of ketones is 1. The van der Waals surface area contributed by atoms with Crippen molar-refractivity contribution >= 4 is 23.0 Å². The van der Waals surface area contributed by atoms with Crippen LogP contribution in [0.2, 0.25) is 0 Å². The quantitative estimate of drug-likeness (QED) is 0.542. The van der Waals surface area contributed by atoms with Crippen molar-refractivity contribution in [2.24, 2.45) is 0 Å². The van der Waals surface area contributed by atoms with Crippen LogP contribution in [0.5, 0.6) is 5.75 Å². The van der Waals surface area contributed by atoms with Gasteiger partial charge in [0.05, 0.1) is 18.2 Å². The Bertz CT molecular complexity index is 712. The summed E-state index contributed by atoms with van der Waals surface area (Å²) in [5.74, 6) is 0.751. The van der Waals surface area contributed by atoms with Gasteiger partial charge in [0.15, 0.2) is 5.78 Å². The highest BCUT2D eigenvalue weighted by Crippen LogP contribution is 2.15. The first kappa shape index (κ1) is 18.1. The molecule has 1 aromatic heterocycles. The molecule has 1 heterocycles. The highest BCUT2D eigenvalue weighted by atomic mass is 32.1. The van der Waals surface area contributed by atoms with Crippen molar-refractivity contribution in [3.05, 3.63) is 45.9 Å². The van der Waals surface area contributed by atoms with Gasteiger partial charge in [-0.2, -0.15) is 0 Å². The van der Waals surface area contributed by atoms with E-state index < -0.39 is 0 Å². The third-order valence-electron chi connectivity index (χ3n) is 3.53. The first-order valence-corrected chi connectivity index (χ1v) is 8.66. The summed E-state index contributed by atoms with van der Waals surface area (Å²) in [4.78, 5) is 30.4. The normalized spacial score (nSPS) is 10.5. The molecule has 1 aromatic carbocycles. The van der Waals surface area contributed by atoms with Crippen molar-refractivity contribution in [1.82, 2.24) is 9.88 Å². The highest BCUT2D eigenvalue weighted by Gasteiger charge is 2.10. The Hall–Kier alpha value is -2.21. The number of nitrogens with zero attached hydrogens (tertiary/aromatic N) is 2. The number of carbonyl (C=O) groups excluding carboxylic acids is 2. The lowest BCUT2D eigenvalue weighted by Crippen LogP contribution is -2.25. The Morgan fingerprint density at radius 1 is 1.33 bits per heavy atom. The number of aryl methyl sites for hydroxylation is 1. The standard InChI is InChI=1S/C18H22N2O3S/c1-13(21)15-6-4-7-16(10-15)23-9-5-8-18(22)20(3)12-17-11-19-14(2)24-17/h4,6-7,10-11H,5,8-9,12H2,1-3H3. The van der Waals surface area contributed by atoms with Gasteiger partial charge >= 0.3 is 0 Å². The van der Waals surface area contributed by atoms with E-state index in [2.05, 4.69) is 4.98 Å². The van der Waals surface area contributed by atoms with Crippen molar-refractivity contribution in [3.63, 3.8) is 0 Å². The van der Waals surface area contributed by atoms with Crippen LogP contribution in [0.1, 0.15) is 40.0 Å². The van der Waals surface area contributed by atoms with Crippen LogP contribution in [0.4, 0.5) is 0 Å². The van der Waals surface area contributed by atoms with Gasteiger partial charge in [0.2, 0.25) is 5.91 Å². The number of aromatic nitrogens is 1. The largest absolute Gasteiger partial charge is 0.494 e. The zero-order valence-corrected chi connectivity index (χ0v) is 15.1. The Balaban J connectivity index is 1.72. The summed E-state index contributed by atoms with van der Waals surface area (Å²) in [7, 11) is 1.80. The predicted molar refractivity (Wildman–Crippen MR) is 94.5 cm³/mol. The van der Waals surface area contributed by atoms with Crippen LogP contribution < -0.4 is 4.74 Å². The molecule has 24 heavy (non-hydrogen) atoms. The van der Waals surface area contributed by atoms with E-state index in [0.717, 1.165) is 9.88 Å². The first-order valence-electron chi connectivity index (χ1n) is 7.85. The number of benzene rings is 1. The van der Waals surface area contributed by atoms with Gasteiger partial charge in [-0.05, 0) is 32.4 Å². The zero-order chi connectivity index (χ0) is 17.5. The van der Waals surface area contributed by atoms with Crippen molar-refractivity contribution in [2.45, 2.75) is 33.2 Å². The maximum Gasteiger partial charge on any atom is 0.222 e. The molecule has 0 aliphatic rings. The molecule has 6 heteroatoms. The van der Waals surface area contributed by atoms with Crippen LogP contribution in [0.15, 0.2) is 30.5 Å². The molecule has 0 aliphatic heterocycles. The first-order chi connectivity index (χ1) is 11.5. The van der Waals surface area contributed by atoms with Gasteiger partial charge in [-0.1, -0.05) is 12.1 Å².